The monoisotopic (exact) mass is 489 g/mol. The molecule has 2 saturated heterocycles. The maximum Gasteiger partial charge on any atom is 0.246 e. The Hall–Kier alpha value is -3.23. The van der Waals surface area contributed by atoms with Crippen LogP contribution in [-0.2, 0) is 14.3 Å². The summed E-state index contributed by atoms with van der Waals surface area (Å²) < 4.78 is 5.76. The largest absolute Gasteiger partial charge is 0.381 e. The number of nitrogens with zero attached hydrogens (tertiary/aromatic N) is 2. The van der Waals surface area contributed by atoms with Gasteiger partial charge in [-0.3, -0.25) is 9.59 Å². The van der Waals surface area contributed by atoms with Crippen LogP contribution in [0.25, 0.3) is 22.2 Å². The van der Waals surface area contributed by atoms with E-state index >= 15 is 0 Å². The van der Waals surface area contributed by atoms with E-state index in [4.69, 9.17) is 9.72 Å². The average Bonchev–Trinajstić information content (AvgIpc) is 3.52. The van der Waals surface area contributed by atoms with Gasteiger partial charge in [0.05, 0.1) is 29.2 Å². The topological polar surface area (TPSA) is 99.3 Å². The number of hydrogen-bond donors (Lipinski definition) is 3. The molecule has 0 bridgehead atoms. The first-order valence-electron chi connectivity index (χ1n) is 12.9. The Kier molecular flexibility index (Phi) is 7.07. The van der Waals surface area contributed by atoms with E-state index in [-0.39, 0.29) is 36.0 Å². The van der Waals surface area contributed by atoms with Crippen LogP contribution >= 0.6 is 0 Å². The Balaban J connectivity index is 1.49. The zero-order valence-corrected chi connectivity index (χ0v) is 21.2. The van der Waals surface area contributed by atoms with E-state index in [1.165, 1.54) is 0 Å². The quantitative estimate of drug-likeness (QED) is 0.492. The second-order valence-electron chi connectivity index (χ2n) is 9.92. The highest BCUT2D eigenvalue weighted by Gasteiger charge is 2.44. The Morgan fingerprint density at radius 2 is 1.92 bits per heavy atom. The first-order valence-corrected chi connectivity index (χ1v) is 12.9. The SMILES string of the molecule is CN[C@@H](C)C(=O)N[C@H]1CC[C@H](OC)C[C@H]2CC[C@@H](c3nc4cccc(-c5ccccc5)c4[nH]3)N2C1=O. The van der Waals surface area contributed by atoms with Crippen LogP contribution in [0, 0.1) is 0 Å². The first kappa shape index (κ1) is 24.5. The third-order valence-electron chi connectivity index (χ3n) is 7.78. The molecule has 3 N–H and O–H groups in total. The second kappa shape index (κ2) is 10.4. The summed E-state index contributed by atoms with van der Waals surface area (Å²) in [6.45, 7) is 1.79. The Bertz CT molecular complexity index is 1230. The molecule has 2 aliphatic rings. The Morgan fingerprint density at radius 1 is 1.11 bits per heavy atom. The summed E-state index contributed by atoms with van der Waals surface area (Å²) in [6, 6.07) is 15.3. The molecule has 0 radical (unpaired) electrons. The van der Waals surface area contributed by atoms with Gasteiger partial charge >= 0.3 is 0 Å². The molecule has 2 amide bonds. The summed E-state index contributed by atoms with van der Waals surface area (Å²) in [5, 5.41) is 5.95. The van der Waals surface area contributed by atoms with E-state index in [1.807, 2.05) is 35.2 Å². The van der Waals surface area contributed by atoms with Crippen LogP contribution in [0.3, 0.4) is 0 Å². The highest BCUT2D eigenvalue weighted by atomic mass is 16.5. The van der Waals surface area contributed by atoms with Gasteiger partial charge in [-0.2, -0.15) is 0 Å². The molecule has 0 saturated carbocycles. The smallest absolute Gasteiger partial charge is 0.246 e. The van der Waals surface area contributed by atoms with Gasteiger partial charge in [-0.1, -0.05) is 42.5 Å². The van der Waals surface area contributed by atoms with Crippen molar-refractivity contribution in [3.63, 3.8) is 0 Å². The normalized spacial score (nSPS) is 25.3. The number of nitrogens with one attached hydrogen (secondary N) is 3. The van der Waals surface area contributed by atoms with E-state index in [9.17, 15) is 9.59 Å². The molecule has 8 nitrogen and oxygen atoms in total. The highest BCUT2D eigenvalue weighted by molar-refractivity contribution is 5.92. The fourth-order valence-corrected chi connectivity index (χ4v) is 5.64. The molecule has 2 aliphatic heterocycles. The second-order valence-corrected chi connectivity index (χ2v) is 9.92. The number of aromatic amines is 1. The molecule has 190 valence electrons. The number of amides is 2. The number of H-pyrrole nitrogens is 1. The van der Waals surface area contributed by atoms with E-state index in [0.717, 1.165) is 53.7 Å². The van der Waals surface area contributed by atoms with Gasteiger partial charge in [0.15, 0.2) is 0 Å². The van der Waals surface area contributed by atoms with Crippen LogP contribution in [0.1, 0.15) is 50.9 Å². The molecule has 0 spiro atoms. The summed E-state index contributed by atoms with van der Waals surface area (Å²) in [5.41, 5.74) is 4.07. The lowest BCUT2D eigenvalue weighted by Crippen LogP contribution is -2.55. The number of rotatable bonds is 6. The van der Waals surface area contributed by atoms with Gasteiger partial charge in [0.1, 0.15) is 11.9 Å². The molecule has 3 heterocycles. The van der Waals surface area contributed by atoms with Gasteiger partial charge in [-0.15, -0.1) is 0 Å². The molecule has 2 aromatic carbocycles. The summed E-state index contributed by atoms with van der Waals surface area (Å²) in [6.07, 6.45) is 3.83. The number of carbonyl (C=O) groups is 2. The maximum atomic E-state index is 13.9. The van der Waals surface area contributed by atoms with Crippen molar-refractivity contribution in [3.05, 3.63) is 54.4 Å². The van der Waals surface area contributed by atoms with Crippen molar-refractivity contribution in [2.24, 2.45) is 0 Å². The number of benzene rings is 2. The fourth-order valence-electron chi connectivity index (χ4n) is 5.64. The van der Waals surface area contributed by atoms with Crippen molar-refractivity contribution in [3.8, 4) is 11.1 Å². The van der Waals surface area contributed by atoms with Crippen molar-refractivity contribution in [2.45, 2.75) is 69.3 Å². The average molecular weight is 490 g/mol. The lowest BCUT2D eigenvalue weighted by molar-refractivity contribution is -0.141. The zero-order chi connectivity index (χ0) is 25.2. The number of fused-ring (bicyclic) bond motifs is 2. The van der Waals surface area contributed by atoms with Gasteiger partial charge in [0, 0.05) is 18.7 Å². The van der Waals surface area contributed by atoms with Crippen LogP contribution in [0.2, 0.25) is 0 Å². The predicted octanol–water partition coefficient (Wildman–Crippen LogP) is 3.55. The first-order chi connectivity index (χ1) is 17.5. The predicted molar refractivity (Wildman–Crippen MR) is 139 cm³/mol. The number of likely N-dealkylation sites (N-methyl/N-ethyl adjacent to an activating group) is 1. The van der Waals surface area contributed by atoms with Gasteiger partial charge in [-0.05, 0) is 57.7 Å². The van der Waals surface area contributed by atoms with E-state index < -0.39 is 6.04 Å². The number of hydrogen-bond acceptors (Lipinski definition) is 5. The van der Waals surface area contributed by atoms with Crippen molar-refractivity contribution >= 4 is 22.8 Å². The zero-order valence-electron chi connectivity index (χ0n) is 21.2. The lowest BCUT2D eigenvalue weighted by atomic mass is 9.96. The van der Waals surface area contributed by atoms with Crippen molar-refractivity contribution in [1.29, 1.82) is 0 Å². The van der Waals surface area contributed by atoms with Crippen LogP contribution in [0.15, 0.2) is 48.5 Å². The number of ether oxygens (including phenoxy) is 1. The highest BCUT2D eigenvalue weighted by Crippen LogP contribution is 2.40. The van der Waals surface area contributed by atoms with Crippen LogP contribution < -0.4 is 10.6 Å². The standard InChI is InChI=1S/C28H35N5O3/c1-17(29-2)27(34)31-23-14-13-20(36-3)16-19-12-15-24(33(19)28(23)35)26-30-22-11-7-10-21(25(22)32-26)18-8-5-4-6-9-18/h4-11,17,19-20,23-24,29H,12-16H2,1-3H3,(H,30,32)(H,31,34)/t17-,19+,20-,23-,24-/m0/s1. The van der Waals surface area contributed by atoms with Crippen LogP contribution in [-0.4, -0.2) is 65.1 Å². The minimum absolute atomic E-state index is 0.0301. The van der Waals surface area contributed by atoms with Gasteiger partial charge < -0.3 is 25.3 Å². The number of para-hydroxylation sites is 1. The molecule has 1 aromatic heterocycles. The summed E-state index contributed by atoms with van der Waals surface area (Å²) in [7, 11) is 3.47. The van der Waals surface area contributed by atoms with E-state index in [1.54, 1.807) is 21.1 Å². The molecular formula is C28H35N5O3. The number of carbonyl (C=O) groups excluding carboxylic acids is 2. The lowest BCUT2D eigenvalue weighted by Gasteiger charge is -2.37. The summed E-state index contributed by atoms with van der Waals surface area (Å²) >= 11 is 0. The molecule has 36 heavy (non-hydrogen) atoms. The summed E-state index contributed by atoms with van der Waals surface area (Å²) in [5.74, 6) is 0.596. The Morgan fingerprint density at radius 3 is 2.67 bits per heavy atom. The third kappa shape index (κ3) is 4.63. The molecule has 0 unspecified atom stereocenters. The minimum atomic E-state index is -0.585. The number of aromatic nitrogens is 2. The van der Waals surface area contributed by atoms with Crippen molar-refractivity contribution in [2.75, 3.05) is 14.2 Å². The van der Waals surface area contributed by atoms with Gasteiger partial charge in [0.25, 0.3) is 0 Å². The van der Waals surface area contributed by atoms with Gasteiger partial charge in [0.2, 0.25) is 11.8 Å². The number of methoxy groups -OCH3 is 1. The van der Waals surface area contributed by atoms with Crippen molar-refractivity contribution in [1.82, 2.24) is 25.5 Å². The van der Waals surface area contributed by atoms with Crippen LogP contribution in [0.4, 0.5) is 0 Å². The van der Waals surface area contributed by atoms with Crippen LogP contribution in [0.5, 0.6) is 0 Å². The fraction of sp³-hybridized carbons (Fsp3) is 0.464. The van der Waals surface area contributed by atoms with Crippen molar-refractivity contribution < 1.29 is 14.3 Å². The molecule has 0 aliphatic carbocycles. The molecule has 2 fully saturated rings. The minimum Gasteiger partial charge on any atom is -0.381 e. The third-order valence-corrected chi connectivity index (χ3v) is 7.78. The molecule has 5 atom stereocenters. The molecular weight excluding hydrogens is 454 g/mol. The number of imidazole rings is 1. The maximum absolute atomic E-state index is 13.9. The Labute approximate surface area is 211 Å². The van der Waals surface area contributed by atoms with Gasteiger partial charge in [-0.25, -0.2) is 4.98 Å². The van der Waals surface area contributed by atoms with E-state index in [2.05, 4.69) is 33.8 Å². The molecule has 8 heteroatoms. The molecule has 5 rings (SSSR count). The van der Waals surface area contributed by atoms with E-state index in [0.29, 0.717) is 6.42 Å². The summed E-state index contributed by atoms with van der Waals surface area (Å²) in [4.78, 5) is 37.1. The molecule has 3 aromatic rings.